The molecule has 2 unspecified atom stereocenters. The SMILES string of the molecule is CCCC1(CCCOc2ccc(CC(Cl)C(=O)[O-])cc2)CCc2c(CCC(C)C)c(OC(=O)c3ccc(C)cc3)c(CCC(C)C)c(CC)c2O1.[Na+]. The van der Waals surface area contributed by atoms with Gasteiger partial charge in [0.1, 0.15) is 22.8 Å². The molecule has 2 atom stereocenters. The molecule has 3 aromatic carbocycles. The molecule has 52 heavy (non-hydrogen) atoms. The van der Waals surface area contributed by atoms with Crippen LogP contribution in [0.3, 0.4) is 0 Å². The van der Waals surface area contributed by atoms with E-state index in [-0.39, 0.29) is 47.5 Å². The van der Waals surface area contributed by atoms with E-state index in [4.69, 9.17) is 25.8 Å². The Kier molecular flexibility index (Phi) is 17.6. The van der Waals surface area contributed by atoms with Crippen molar-refractivity contribution in [3.8, 4) is 17.2 Å². The van der Waals surface area contributed by atoms with Crippen LogP contribution >= 0.6 is 11.6 Å². The van der Waals surface area contributed by atoms with E-state index in [1.165, 1.54) is 11.1 Å². The third-order valence-corrected chi connectivity index (χ3v) is 10.4. The number of ether oxygens (including phenoxy) is 3. The Balaban J connectivity index is 0.00000729. The van der Waals surface area contributed by atoms with Gasteiger partial charge in [0.05, 0.1) is 23.5 Å². The summed E-state index contributed by atoms with van der Waals surface area (Å²) >= 11 is 5.86. The molecule has 1 heterocycles. The molecule has 1 aliphatic rings. The van der Waals surface area contributed by atoms with Crippen molar-refractivity contribution in [3.05, 3.63) is 87.5 Å². The minimum atomic E-state index is -1.27. The number of fused-ring (bicyclic) bond motifs is 1. The standard InChI is InChI=1S/C44H59ClO6.Na/c1-8-24-44(25-10-27-49-34-19-15-32(16-20-34)28-39(45)42(46)47)26-23-38-37(22-12-30(5)6)40(50-43(48)33-17-13-31(7)14-18-33)36(21-11-29(3)4)35(9-2)41(38)51-44;/h13-20,29-30,39H,8-12,21-28H2,1-7H3,(H,46,47);/q;+1/p-1. The molecule has 0 fully saturated rings. The fraction of sp³-hybridized carbons (Fsp3) is 0.545. The minimum absolute atomic E-state index is 0. The first-order valence-electron chi connectivity index (χ1n) is 19.1. The molecule has 0 radical (unpaired) electrons. The molecule has 3 aromatic rings. The smallest absolute Gasteiger partial charge is 0.549 e. The summed E-state index contributed by atoms with van der Waals surface area (Å²) in [4.78, 5) is 24.7. The van der Waals surface area contributed by atoms with E-state index >= 15 is 0 Å². The summed E-state index contributed by atoms with van der Waals surface area (Å²) in [5, 5.41) is 9.95. The number of alkyl halides is 1. The molecule has 0 saturated heterocycles. The summed E-state index contributed by atoms with van der Waals surface area (Å²) < 4.78 is 19.9. The van der Waals surface area contributed by atoms with Crippen LogP contribution < -0.4 is 48.9 Å². The molecule has 4 rings (SSSR count). The number of halogens is 1. The van der Waals surface area contributed by atoms with E-state index in [1.807, 2.05) is 55.5 Å². The Hall–Kier alpha value is -2.51. The van der Waals surface area contributed by atoms with Crippen molar-refractivity contribution >= 4 is 23.5 Å². The average Bonchev–Trinajstić information content (AvgIpc) is 3.09. The summed E-state index contributed by atoms with van der Waals surface area (Å²) in [6, 6.07) is 15.0. The molecule has 0 N–H and O–H groups in total. The van der Waals surface area contributed by atoms with Crippen LogP contribution in [0.2, 0.25) is 0 Å². The second-order valence-corrected chi connectivity index (χ2v) is 15.7. The number of esters is 1. The Labute approximate surface area is 339 Å². The number of carboxylic acids is 1. The first-order chi connectivity index (χ1) is 24.4. The molecular formula is C44H58ClNaO6. The van der Waals surface area contributed by atoms with Crippen LogP contribution in [-0.4, -0.2) is 29.5 Å². The second kappa shape index (κ2) is 20.8. The van der Waals surface area contributed by atoms with Crippen LogP contribution in [0.25, 0.3) is 0 Å². The summed E-state index contributed by atoms with van der Waals surface area (Å²) in [5.41, 5.74) is 6.86. The normalized spacial score (nSPS) is 15.8. The van der Waals surface area contributed by atoms with E-state index < -0.39 is 11.3 Å². The molecule has 278 valence electrons. The van der Waals surface area contributed by atoms with Gasteiger partial charge in [0, 0.05) is 22.3 Å². The number of hydrogen-bond acceptors (Lipinski definition) is 6. The van der Waals surface area contributed by atoms with Gasteiger partial charge >= 0.3 is 35.5 Å². The maximum atomic E-state index is 13.7. The van der Waals surface area contributed by atoms with Crippen LogP contribution in [0.5, 0.6) is 17.2 Å². The maximum Gasteiger partial charge on any atom is 1.00 e. The molecule has 6 nitrogen and oxygen atoms in total. The molecule has 0 spiro atoms. The van der Waals surface area contributed by atoms with Gasteiger partial charge in [0.25, 0.3) is 0 Å². The molecule has 0 aliphatic carbocycles. The Bertz CT molecular complexity index is 1570. The van der Waals surface area contributed by atoms with Crippen LogP contribution in [0.1, 0.15) is 130 Å². The molecule has 1 aliphatic heterocycles. The number of aliphatic carboxylic acids is 1. The first-order valence-corrected chi connectivity index (χ1v) is 19.5. The number of carbonyl (C=O) groups excluding carboxylic acids is 2. The molecule has 0 bridgehead atoms. The van der Waals surface area contributed by atoms with Crippen LogP contribution in [0.4, 0.5) is 0 Å². The summed E-state index contributed by atoms with van der Waals surface area (Å²) in [5.74, 6) is 1.97. The number of carboxylic acid groups (broad SMARTS) is 1. The molecule has 0 aromatic heterocycles. The van der Waals surface area contributed by atoms with Crippen molar-refractivity contribution in [3.63, 3.8) is 0 Å². The van der Waals surface area contributed by atoms with Crippen molar-refractivity contribution in [1.82, 2.24) is 0 Å². The average molecular weight is 741 g/mol. The number of rotatable bonds is 19. The third-order valence-electron chi connectivity index (χ3n) is 10.1. The van der Waals surface area contributed by atoms with Gasteiger partial charge in [-0.3, -0.25) is 0 Å². The van der Waals surface area contributed by atoms with Crippen molar-refractivity contribution in [2.24, 2.45) is 11.8 Å². The molecule has 8 heteroatoms. The predicted molar refractivity (Wildman–Crippen MR) is 204 cm³/mol. The maximum absolute atomic E-state index is 13.7. The van der Waals surface area contributed by atoms with Gasteiger partial charge in [-0.05, 0) is 119 Å². The fourth-order valence-corrected chi connectivity index (χ4v) is 7.36. The Morgan fingerprint density at radius 3 is 2.12 bits per heavy atom. The van der Waals surface area contributed by atoms with Gasteiger partial charge in [-0.2, -0.15) is 0 Å². The molecule has 0 amide bonds. The van der Waals surface area contributed by atoms with E-state index in [0.29, 0.717) is 24.0 Å². The van der Waals surface area contributed by atoms with Crippen LogP contribution in [-0.2, 0) is 36.9 Å². The molecular weight excluding hydrogens is 683 g/mol. The number of hydrogen-bond donors (Lipinski definition) is 0. The number of aryl methyl sites for hydroxylation is 1. The monoisotopic (exact) mass is 740 g/mol. The minimum Gasteiger partial charge on any atom is -0.549 e. The largest absolute Gasteiger partial charge is 1.00 e. The van der Waals surface area contributed by atoms with Gasteiger partial charge in [0.15, 0.2) is 0 Å². The Morgan fingerprint density at radius 2 is 1.54 bits per heavy atom. The summed E-state index contributed by atoms with van der Waals surface area (Å²) in [6.45, 7) is 16.0. The van der Waals surface area contributed by atoms with E-state index in [9.17, 15) is 14.7 Å². The molecule has 0 saturated carbocycles. The van der Waals surface area contributed by atoms with E-state index in [1.54, 1.807) is 0 Å². The van der Waals surface area contributed by atoms with Crippen LogP contribution in [0, 0.1) is 18.8 Å². The van der Waals surface area contributed by atoms with Gasteiger partial charge in [0.2, 0.25) is 0 Å². The van der Waals surface area contributed by atoms with Gasteiger partial charge in [-0.1, -0.05) is 77.8 Å². The van der Waals surface area contributed by atoms with Crippen molar-refractivity contribution in [2.75, 3.05) is 6.61 Å². The third kappa shape index (κ3) is 12.0. The zero-order valence-corrected chi connectivity index (χ0v) is 35.6. The second-order valence-electron chi connectivity index (χ2n) is 15.2. The van der Waals surface area contributed by atoms with Crippen molar-refractivity contribution in [1.29, 1.82) is 0 Å². The first kappa shape index (κ1) is 43.9. The zero-order valence-electron chi connectivity index (χ0n) is 32.9. The van der Waals surface area contributed by atoms with Crippen molar-refractivity contribution in [2.45, 2.75) is 136 Å². The number of carbonyl (C=O) groups is 2. The number of benzene rings is 3. The van der Waals surface area contributed by atoms with Crippen LogP contribution in [0.15, 0.2) is 48.5 Å². The van der Waals surface area contributed by atoms with E-state index in [2.05, 4.69) is 41.5 Å². The van der Waals surface area contributed by atoms with Gasteiger partial charge in [-0.15, -0.1) is 11.6 Å². The predicted octanol–water partition coefficient (Wildman–Crippen LogP) is 6.58. The Morgan fingerprint density at radius 1 is 0.904 bits per heavy atom. The zero-order chi connectivity index (χ0) is 37.1. The van der Waals surface area contributed by atoms with Gasteiger partial charge in [-0.25, -0.2) is 4.79 Å². The quantitative estimate of drug-likeness (QED) is 0.0454. The summed E-state index contributed by atoms with van der Waals surface area (Å²) in [7, 11) is 0. The topological polar surface area (TPSA) is 84.9 Å². The van der Waals surface area contributed by atoms with E-state index in [0.717, 1.165) is 110 Å². The van der Waals surface area contributed by atoms with Gasteiger partial charge < -0.3 is 24.1 Å². The summed E-state index contributed by atoms with van der Waals surface area (Å²) in [6.07, 6.45) is 10.1. The fourth-order valence-electron chi connectivity index (χ4n) is 7.18. The van der Waals surface area contributed by atoms with Crippen molar-refractivity contribution < 1.29 is 58.5 Å².